The number of carbonyl (C=O) groups is 2. The van der Waals surface area contributed by atoms with E-state index >= 15 is 0 Å². The van der Waals surface area contributed by atoms with Crippen molar-refractivity contribution in [2.24, 2.45) is 17.3 Å². The van der Waals surface area contributed by atoms with Gasteiger partial charge in [-0.2, -0.15) is 0 Å². The Labute approximate surface area is 306 Å². The Kier molecular flexibility index (Phi) is 9.95. The SMILES string of the molecule is COc1ccc(C23CCC(CN(C(=O)C4CCC(OC(=O)N5CC(CO)C5)CC4)c4cc(-c5cnc(C(C)(C)C)s5)ccn4)(CC2)CC3)cc1C. The quantitative estimate of drug-likeness (QED) is 0.239. The summed E-state index contributed by atoms with van der Waals surface area (Å²) < 4.78 is 11.4. The smallest absolute Gasteiger partial charge is 0.410 e. The molecule has 0 spiro atoms. The van der Waals surface area contributed by atoms with Gasteiger partial charge in [-0.3, -0.25) is 9.69 Å². The van der Waals surface area contributed by atoms with Crippen LogP contribution in [0.5, 0.6) is 5.75 Å². The van der Waals surface area contributed by atoms with E-state index in [2.05, 4.69) is 52.0 Å². The minimum absolute atomic E-state index is 0.0358. The Hall–Kier alpha value is -3.50. The molecule has 3 aromatic rings. The molecule has 5 aliphatic rings. The zero-order chi connectivity index (χ0) is 36.0. The first-order valence-electron chi connectivity index (χ1n) is 18.9. The fourth-order valence-corrected chi connectivity index (χ4v) is 9.89. The molecule has 0 atom stereocenters. The number of aliphatic hydroxyl groups is 1. The highest BCUT2D eigenvalue weighted by Crippen LogP contribution is 2.58. The molecule has 0 unspecified atom stereocenters. The van der Waals surface area contributed by atoms with Crippen molar-refractivity contribution in [3.63, 3.8) is 0 Å². The molecule has 1 N–H and O–H groups in total. The fraction of sp³-hybridized carbons (Fsp3) is 0.610. The molecule has 4 aliphatic carbocycles. The fourth-order valence-electron chi connectivity index (χ4n) is 8.92. The normalized spacial score (nSPS) is 26.4. The molecule has 2 bridgehead atoms. The summed E-state index contributed by atoms with van der Waals surface area (Å²) in [7, 11) is 1.73. The molecular formula is C41H54N4O5S. The number of amides is 2. The number of pyridine rings is 1. The summed E-state index contributed by atoms with van der Waals surface area (Å²) >= 11 is 1.70. The summed E-state index contributed by atoms with van der Waals surface area (Å²) in [6.07, 6.45) is 12.6. The Morgan fingerprint density at radius 1 is 1.00 bits per heavy atom. The maximum Gasteiger partial charge on any atom is 0.410 e. The van der Waals surface area contributed by atoms with Gasteiger partial charge in [-0.25, -0.2) is 14.8 Å². The molecule has 2 aromatic heterocycles. The zero-order valence-electron chi connectivity index (χ0n) is 31.0. The minimum Gasteiger partial charge on any atom is -0.496 e. The molecule has 274 valence electrons. The summed E-state index contributed by atoms with van der Waals surface area (Å²) in [4.78, 5) is 41.7. The first-order valence-corrected chi connectivity index (χ1v) is 19.7. The molecule has 1 aliphatic heterocycles. The van der Waals surface area contributed by atoms with E-state index in [9.17, 15) is 14.7 Å². The summed E-state index contributed by atoms with van der Waals surface area (Å²) in [6, 6.07) is 10.8. The Morgan fingerprint density at radius 3 is 2.31 bits per heavy atom. The van der Waals surface area contributed by atoms with E-state index < -0.39 is 0 Å². The van der Waals surface area contributed by atoms with Crippen molar-refractivity contribution in [2.75, 3.05) is 38.3 Å². The third-order valence-corrected chi connectivity index (χ3v) is 13.9. The van der Waals surface area contributed by atoms with Gasteiger partial charge < -0.3 is 19.5 Å². The average molecular weight is 715 g/mol. The maximum absolute atomic E-state index is 14.7. The zero-order valence-corrected chi connectivity index (χ0v) is 31.8. The van der Waals surface area contributed by atoms with Crippen LogP contribution in [-0.4, -0.2) is 71.4 Å². The maximum atomic E-state index is 14.7. The number of hydrogen-bond acceptors (Lipinski definition) is 8. The van der Waals surface area contributed by atoms with Crippen LogP contribution in [0.1, 0.15) is 101 Å². The van der Waals surface area contributed by atoms with Gasteiger partial charge in [0.1, 0.15) is 17.7 Å². The Balaban J connectivity index is 1.09. The second-order valence-corrected chi connectivity index (χ2v) is 17.9. The molecule has 51 heavy (non-hydrogen) atoms. The molecule has 2 amide bonds. The van der Waals surface area contributed by atoms with Crippen LogP contribution in [0.3, 0.4) is 0 Å². The van der Waals surface area contributed by atoms with Gasteiger partial charge in [0.2, 0.25) is 5.91 Å². The van der Waals surface area contributed by atoms with Crippen molar-refractivity contribution in [1.82, 2.24) is 14.9 Å². The van der Waals surface area contributed by atoms with E-state index in [1.165, 1.54) is 11.1 Å². The van der Waals surface area contributed by atoms with Crippen LogP contribution in [0.2, 0.25) is 0 Å². The number of benzene rings is 1. The summed E-state index contributed by atoms with van der Waals surface area (Å²) in [5.41, 5.74) is 3.85. The van der Waals surface area contributed by atoms with Gasteiger partial charge in [0.05, 0.1) is 17.0 Å². The minimum atomic E-state index is -0.302. The van der Waals surface area contributed by atoms with Gasteiger partial charge in [0.25, 0.3) is 0 Å². The number of likely N-dealkylation sites (tertiary alicyclic amines) is 1. The van der Waals surface area contributed by atoms with E-state index in [-0.39, 0.29) is 52.8 Å². The summed E-state index contributed by atoms with van der Waals surface area (Å²) in [5, 5.41) is 10.4. The lowest BCUT2D eigenvalue weighted by atomic mass is 9.51. The van der Waals surface area contributed by atoms with Gasteiger partial charge >= 0.3 is 6.09 Å². The van der Waals surface area contributed by atoms with Gasteiger partial charge in [-0.1, -0.05) is 32.9 Å². The number of fused-ring (bicyclic) bond motifs is 3. The van der Waals surface area contributed by atoms with Crippen LogP contribution in [0, 0.1) is 24.2 Å². The van der Waals surface area contributed by atoms with Crippen LogP contribution >= 0.6 is 11.3 Å². The van der Waals surface area contributed by atoms with Gasteiger partial charge in [-0.15, -0.1) is 11.3 Å². The number of aromatic nitrogens is 2. The first-order chi connectivity index (χ1) is 24.4. The Bertz CT molecular complexity index is 1710. The highest BCUT2D eigenvalue weighted by Gasteiger charge is 2.51. The molecule has 1 aromatic carbocycles. The lowest BCUT2D eigenvalue weighted by Crippen LogP contribution is -2.52. The van der Waals surface area contributed by atoms with Crippen LogP contribution in [0.15, 0.2) is 42.7 Å². The van der Waals surface area contributed by atoms with Crippen molar-refractivity contribution < 1.29 is 24.2 Å². The van der Waals surface area contributed by atoms with Crippen molar-refractivity contribution in [3.8, 4) is 16.2 Å². The number of nitrogens with zero attached hydrogens (tertiary/aromatic N) is 4. The van der Waals surface area contributed by atoms with Crippen LogP contribution in [-0.2, 0) is 20.4 Å². The van der Waals surface area contributed by atoms with Gasteiger partial charge in [0, 0.05) is 55.9 Å². The summed E-state index contributed by atoms with van der Waals surface area (Å²) in [6.45, 7) is 10.5. The number of anilines is 1. The number of hydrogen-bond donors (Lipinski definition) is 1. The van der Waals surface area contributed by atoms with Crippen LogP contribution < -0.4 is 9.64 Å². The lowest BCUT2D eigenvalue weighted by Gasteiger charge is -2.55. The average Bonchev–Trinajstić information content (AvgIpc) is 3.63. The monoisotopic (exact) mass is 714 g/mol. The Morgan fingerprint density at radius 2 is 1.71 bits per heavy atom. The van der Waals surface area contributed by atoms with E-state index in [0.717, 1.165) is 65.5 Å². The molecular weight excluding hydrogens is 661 g/mol. The number of ether oxygens (including phenoxy) is 2. The highest BCUT2D eigenvalue weighted by atomic mass is 32.1. The van der Waals surface area contributed by atoms with Crippen molar-refractivity contribution in [1.29, 1.82) is 0 Å². The van der Waals surface area contributed by atoms with Crippen molar-refractivity contribution in [2.45, 2.75) is 109 Å². The largest absolute Gasteiger partial charge is 0.496 e. The predicted molar refractivity (Wildman–Crippen MR) is 200 cm³/mol. The molecule has 5 fully saturated rings. The third-order valence-electron chi connectivity index (χ3n) is 12.4. The summed E-state index contributed by atoms with van der Waals surface area (Å²) in [5.74, 6) is 1.80. The molecule has 3 heterocycles. The predicted octanol–water partition coefficient (Wildman–Crippen LogP) is 8.06. The number of methoxy groups -OCH3 is 1. The molecule has 10 heteroatoms. The van der Waals surface area contributed by atoms with Crippen molar-refractivity contribution in [3.05, 3.63) is 58.9 Å². The van der Waals surface area contributed by atoms with Crippen LogP contribution in [0.4, 0.5) is 10.6 Å². The number of aryl methyl sites for hydroxylation is 1. The molecule has 0 radical (unpaired) electrons. The lowest BCUT2D eigenvalue weighted by molar-refractivity contribution is -0.124. The first kappa shape index (κ1) is 35.9. The highest BCUT2D eigenvalue weighted by molar-refractivity contribution is 7.15. The molecule has 4 saturated carbocycles. The van der Waals surface area contributed by atoms with E-state index in [1.54, 1.807) is 23.3 Å². The number of rotatable bonds is 9. The van der Waals surface area contributed by atoms with Gasteiger partial charge in [0.15, 0.2) is 0 Å². The number of thiazole rings is 1. The van der Waals surface area contributed by atoms with E-state index in [1.807, 2.05) is 23.4 Å². The standard InChI is InChI=1S/C41H54N4O5S/c1-27-20-31(8-11-33(27)49-5)41-16-13-40(14-17-41,15-18-41)26-45(35-21-30(12-19-42-35)34-22-43-37(51-34)39(2,3)4)36(47)29-6-9-32(10-7-29)50-38(48)44-23-28(24-44)25-46/h8,11-12,19-22,28-29,32,46H,6-7,9-10,13-18,23-26H2,1-5H3. The van der Waals surface area contributed by atoms with Gasteiger partial charge in [-0.05, 0) is 117 Å². The van der Waals surface area contributed by atoms with E-state index in [0.29, 0.717) is 45.3 Å². The second kappa shape index (κ2) is 14.1. The molecule has 9 nitrogen and oxygen atoms in total. The third kappa shape index (κ3) is 7.28. The topological polar surface area (TPSA) is 105 Å². The van der Waals surface area contributed by atoms with Crippen LogP contribution in [0.25, 0.3) is 10.4 Å². The second-order valence-electron chi connectivity index (χ2n) is 16.9. The number of aliphatic hydroxyl groups excluding tert-OH is 1. The van der Waals surface area contributed by atoms with Crippen molar-refractivity contribution >= 4 is 29.2 Å². The van der Waals surface area contributed by atoms with E-state index in [4.69, 9.17) is 19.4 Å². The molecule has 8 rings (SSSR count). The number of carbonyl (C=O) groups excluding carboxylic acids is 2. The molecule has 1 saturated heterocycles.